The topological polar surface area (TPSA) is 76.1 Å². The molecule has 0 atom stereocenters. The maximum atomic E-state index is 11.6. The van der Waals surface area contributed by atoms with Gasteiger partial charge in [0, 0.05) is 10.7 Å². The number of nitrogens with one attached hydrogen (secondary N) is 2. The van der Waals surface area contributed by atoms with Gasteiger partial charge >= 0.3 is 6.09 Å². The lowest BCUT2D eigenvalue weighted by atomic mass is 10.2. The summed E-state index contributed by atoms with van der Waals surface area (Å²) in [5, 5.41) is 14.1. The molecule has 2 aromatic rings. The number of nitrogens with zero attached hydrogens (tertiary/aromatic N) is 2. The molecule has 0 bridgehead atoms. The lowest BCUT2D eigenvalue weighted by Crippen LogP contribution is -2.27. The summed E-state index contributed by atoms with van der Waals surface area (Å²) in [4.78, 5) is 11.6. The zero-order valence-corrected chi connectivity index (χ0v) is 13.3. The van der Waals surface area contributed by atoms with Crippen molar-refractivity contribution in [2.45, 2.75) is 26.4 Å². The van der Waals surface area contributed by atoms with E-state index in [2.05, 4.69) is 20.8 Å². The Bertz CT molecular complexity index is 636. The fourth-order valence-corrected chi connectivity index (χ4v) is 1.68. The number of aromatic nitrogens is 2. The first-order valence-electron chi connectivity index (χ1n) is 6.68. The number of hydrogen-bond acceptors (Lipinski definition) is 5. The molecule has 1 heterocycles. The standard InChI is InChI=1S/C15H17ClN4O2/c1-15(2,3)22-14(21)18-13-9-8-12(19-20-13)17-11-6-4-10(16)5-7-11/h4-9H,1-3H3,(H,17,19)(H,18,20,21). The number of halogens is 1. The molecular weight excluding hydrogens is 304 g/mol. The number of amides is 1. The van der Waals surface area contributed by atoms with E-state index in [1.165, 1.54) is 0 Å². The van der Waals surface area contributed by atoms with E-state index in [4.69, 9.17) is 16.3 Å². The van der Waals surface area contributed by atoms with Gasteiger partial charge in [0.15, 0.2) is 11.6 Å². The molecule has 22 heavy (non-hydrogen) atoms. The summed E-state index contributed by atoms with van der Waals surface area (Å²) >= 11 is 5.82. The Labute approximate surface area is 133 Å². The van der Waals surface area contributed by atoms with Crippen LogP contribution in [0.15, 0.2) is 36.4 Å². The number of carbonyl (C=O) groups is 1. The van der Waals surface area contributed by atoms with Crippen molar-refractivity contribution in [3.8, 4) is 0 Å². The van der Waals surface area contributed by atoms with Gasteiger partial charge in [-0.2, -0.15) is 0 Å². The molecule has 6 nitrogen and oxygen atoms in total. The fraction of sp³-hybridized carbons (Fsp3) is 0.267. The van der Waals surface area contributed by atoms with Crippen molar-refractivity contribution in [1.29, 1.82) is 0 Å². The van der Waals surface area contributed by atoms with Crippen LogP contribution >= 0.6 is 11.6 Å². The summed E-state index contributed by atoms with van der Waals surface area (Å²) in [6.45, 7) is 5.37. The highest BCUT2D eigenvalue weighted by atomic mass is 35.5. The van der Waals surface area contributed by atoms with Gasteiger partial charge in [-0.25, -0.2) is 4.79 Å². The highest BCUT2D eigenvalue weighted by molar-refractivity contribution is 6.30. The maximum absolute atomic E-state index is 11.6. The number of ether oxygens (including phenoxy) is 1. The molecule has 2 rings (SSSR count). The minimum Gasteiger partial charge on any atom is -0.444 e. The third kappa shape index (κ3) is 5.21. The second-order valence-corrected chi connectivity index (χ2v) is 6.00. The number of carbonyl (C=O) groups excluding carboxylic acids is 1. The summed E-state index contributed by atoms with van der Waals surface area (Å²) in [6, 6.07) is 10.5. The predicted octanol–water partition coefficient (Wildman–Crippen LogP) is 4.22. The normalized spacial score (nSPS) is 10.9. The van der Waals surface area contributed by atoms with Gasteiger partial charge in [-0.3, -0.25) is 5.32 Å². The Balaban J connectivity index is 1.95. The van der Waals surface area contributed by atoms with Crippen LogP contribution in [0.4, 0.5) is 22.1 Å². The SMILES string of the molecule is CC(C)(C)OC(=O)Nc1ccc(Nc2ccc(Cl)cc2)nn1. The van der Waals surface area contributed by atoms with Crippen LogP contribution in [0, 0.1) is 0 Å². The Morgan fingerprint density at radius 1 is 1.05 bits per heavy atom. The van der Waals surface area contributed by atoms with Crippen molar-refractivity contribution in [2.24, 2.45) is 0 Å². The van der Waals surface area contributed by atoms with Crippen molar-refractivity contribution in [3.05, 3.63) is 41.4 Å². The molecule has 0 saturated heterocycles. The Kier molecular flexibility index (Phi) is 4.82. The first-order valence-corrected chi connectivity index (χ1v) is 7.06. The van der Waals surface area contributed by atoms with Crippen molar-refractivity contribution >= 4 is 35.0 Å². The van der Waals surface area contributed by atoms with Crippen LogP contribution in [0.3, 0.4) is 0 Å². The van der Waals surface area contributed by atoms with E-state index in [-0.39, 0.29) is 0 Å². The molecule has 1 aromatic heterocycles. The van der Waals surface area contributed by atoms with Gasteiger partial charge in [0.1, 0.15) is 5.60 Å². The highest BCUT2D eigenvalue weighted by Gasteiger charge is 2.16. The van der Waals surface area contributed by atoms with Gasteiger partial charge in [0.2, 0.25) is 0 Å². The molecule has 0 aliphatic heterocycles. The van der Waals surface area contributed by atoms with E-state index in [1.54, 1.807) is 45.0 Å². The van der Waals surface area contributed by atoms with Crippen LogP contribution in [-0.4, -0.2) is 21.9 Å². The largest absolute Gasteiger partial charge is 0.444 e. The van der Waals surface area contributed by atoms with E-state index in [0.717, 1.165) is 5.69 Å². The quantitative estimate of drug-likeness (QED) is 0.885. The molecule has 0 spiro atoms. The van der Waals surface area contributed by atoms with Crippen LogP contribution in [0.25, 0.3) is 0 Å². The first-order chi connectivity index (χ1) is 10.3. The van der Waals surface area contributed by atoms with Crippen molar-refractivity contribution in [1.82, 2.24) is 10.2 Å². The van der Waals surface area contributed by atoms with Gasteiger partial charge in [-0.1, -0.05) is 11.6 Å². The van der Waals surface area contributed by atoms with Crippen LogP contribution in [0.1, 0.15) is 20.8 Å². The Morgan fingerprint density at radius 2 is 1.64 bits per heavy atom. The van der Waals surface area contributed by atoms with Crippen LogP contribution in [0.5, 0.6) is 0 Å². The molecule has 116 valence electrons. The fourth-order valence-electron chi connectivity index (χ4n) is 1.55. The average Bonchev–Trinajstić information content (AvgIpc) is 2.41. The monoisotopic (exact) mass is 320 g/mol. The van der Waals surface area contributed by atoms with Gasteiger partial charge in [0.05, 0.1) is 0 Å². The highest BCUT2D eigenvalue weighted by Crippen LogP contribution is 2.18. The zero-order valence-electron chi connectivity index (χ0n) is 12.6. The third-order valence-electron chi connectivity index (χ3n) is 2.41. The van der Waals surface area contributed by atoms with E-state index in [9.17, 15) is 4.79 Å². The lowest BCUT2D eigenvalue weighted by Gasteiger charge is -2.19. The minimum absolute atomic E-state index is 0.316. The van der Waals surface area contributed by atoms with E-state index in [0.29, 0.717) is 16.7 Å². The molecule has 0 unspecified atom stereocenters. The molecule has 2 N–H and O–H groups in total. The first kappa shape index (κ1) is 16.0. The summed E-state index contributed by atoms with van der Waals surface area (Å²) in [5.41, 5.74) is 0.277. The molecule has 7 heteroatoms. The molecule has 0 saturated carbocycles. The molecular formula is C15H17ClN4O2. The average molecular weight is 321 g/mol. The number of rotatable bonds is 3. The van der Waals surface area contributed by atoms with Crippen molar-refractivity contribution < 1.29 is 9.53 Å². The molecule has 1 amide bonds. The molecule has 0 aliphatic rings. The number of hydrogen-bond donors (Lipinski definition) is 2. The molecule has 0 radical (unpaired) electrons. The van der Waals surface area contributed by atoms with Crippen molar-refractivity contribution in [2.75, 3.05) is 10.6 Å². The predicted molar refractivity (Wildman–Crippen MR) is 86.6 cm³/mol. The maximum Gasteiger partial charge on any atom is 0.413 e. The summed E-state index contributed by atoms with van der Waals surface area (Å²) < 4.78 is 5.13. The Morgan fingerprint density at radius 3 is 2.18 bits per heavy atom. The van der Waals surface area contributed by atoms with Crippen LogP contribution in [0.2, 0.25) is 5.02 Å². The van der Waals surface area contributed by atoms with E-state index in [1.807, 2.05) is 12.1 Å². The number of anilines is 3. The molecule has 1 aromatic carbocycles. The van der Waals surface area contributed by atoms with Gasteiger partial charge in [0.25, 0.3) is 0 Å². The van der Waals surface area contributed by atoms with Gasteiger partial charge in [-0.05, 0) is 57.2 Å². The second kappa shape index (κ2) is 6.62. The molecule has 0 aliphatic carbocycles. The molecule has 0 fully saturated rings. The minimum atomic E-state index is -0.569. The summed E-state index contributed by atoms with van der Waals surface area (Å²) in [7, 11) is 0. The van der Waals surface area contributed by atoms with Gasteiger partial charge < -0.3 is 10.1 Å². The third-order valence-corrected chi connectivity index (χ3v) is 2.66. The lowest BCUT2D eigenvalue weighted by molar-refractivity contribution is 0.0635. The Hall–Kier alpha value is -2.34. The summed E-state index contributed by atoms with van der Waals surface area (Å²) in [6.07, 6.45) is -0.569. The van der Waals surface area contributed by atoms with E-state index >= 15 is 0 Å². The zero-order chi connectivity index (χ0) is 16.2. The van der Waals surface area contributed by atoms with Crippen LogP contribution < -0.4 is 10.6 Å². The second-order valence-electron chi connectivity index (χ2n) is 5.56. The van der Waals surface area contributed by atoms with Gasteiger partial charge in [-0.15, -0.1) is 10.2 Å². The number of benzene rings is 1. The summed E-state index contributed by atoms with van der Waals surface area (Å²) in [5.74, 6) is 0.868. The van der Waals surface area contributed by atoms with Crippen LogP contribution in [-0.2, 0) is 4.74 Å². The smallest absolute Gasteiger partial charge is 0.413 e. The van der Waals surface area contributed by atoms with E-state index < -0.39 is 11.7 Å². The van der Waals surface area contributed by atoms with Crippen molar-refractivity contribution in [3.63, 3.8) is 0 Å².